The summed E-state index contributed by atoms with van der Waals surface area (Å²) in [6.45, 7) is 6.96. The Labute approximate surface area is 169 Å². The van der Waals surface area contributed by atoms with E-state index >= 15 is 0 Å². The molecule has 8 heteroatoms. The van der Waals surface area contributed by atoms with Crippen LogP contribution in [-0.2, 0) is 19.1 Å². The van der Waals surface area contributed by atoms with Crippen LogP contribution in [0.4, 0.5) is 14.5 Å². The molecule has 0 aromatic heterocycles. The fourth-order valence-corrected chi connectivity index (χ4v) is 3.43. The van der Waals surface area contributed by atoms with E-state index in [1.54, 1.807) is 0 Å². The summed E-state index contributed by atoms with van der Waals surface area (Å²) < 4.78 is 31.6. The van der Waals surface area contributed by atoms with Gasteiger partial charge in [0.1, 0.15) is 0 Å². The maximum Gasteiger partial charge on any atom is 0.313 e. The van der Waals surface area contributed by atoms with Gasteiger partial charge in [-0.1, -0.05) is 12.8 Å². The molecule has 1 fully saturated rings. The number of halogens is 2. The van der Waals surface area contributed by atoms with Crippen molar-refractivity contribution >= 4 is 23.5 Å². The molecule has 0 saturated heterocycles. The van der Waals surface area contributed by atoms with Gasteiger partial charge in [0.15, 0.2) is 17.7 Å². The van der Waals surface area contributed by atoms with Crippen LogP contribution in [0.5, 0.6) is 0 Å². The topological polar surface area (TPSA) is 84.5 Å². The van der Waals surface area contributed by atoms with E-state index < -0.39 is 40.6 Å². The SMILES string of the molecule is C[C@H](OC(=O)C1(CC(=O)NC(C)(C)C)CCCC1)C(=O)Nc1ccc(F)c(F)c1. The van der Waals surface area contributed by atoms with Gasteiger partial charge in [-0.25, -0.2) is 8.78 Å². The summed E-state index contributed by atoms with van der Waals surface area (Å²) in [4.78, 5) is 37.5. The maximum atomic E-state index is 13.3. The van der Waals surface area contributed by atoms with Crippen LogP contribution < -0.4 is 10.6 Å². The zero-order valence-corrected chi connectivity index (χ0v) is 17.2. The van der Waals surface area contributed by atoms with Crippen molar-refractivity contribution in [1.82, 2.24) is 5.32 Å². The van der Waals surface area contributed by atoms with E-state index in [-0.39, 0.29) is 18.0 Å². The largest absolute Gasteiger partial charge is 0.452 e. The molecule has 0 spiro atoms. The van der Waals surface area contributed by atoms with Crippen molar-refractivity contribution in [3.05, 3.63) is 29.8 Å². The van der Waals surface area contributed by atoms with Crippen LogP contribution in [-0.4, -0.2) is 29.4 Å². The highest BCUT2D eigenvalue weighted by Gasteiger charge is 2.45. The summed E-state index contributed by atoms with van der Waals surface area (Å²) in [7, 11) is 0. The number of benzene rings is 1. The van der Waals surface area contributed by atoms with E-state index in [0.29, 0.717) is 12.8 Å². The van der Waals surface area contributed by atoms with Crippen LogP contribution in [0.1, 0.15) is 59.8 Å². The van der Waals surface area contributed by atoms with E-state index in [1.807, 2.05) is 20.8 Å². The number of ether oxygens (including phenoxy) is 1. The number of anilines is 1. The first kappa shape index (κ1) is 22.8. The molecule has 1 aromatic carbocycles. The smallest absolute Gasteiger partial charge is 0.313 e. The first-order chi connectivity index (χ1) is 13.4. The van der Waals surface area contributed by atoms with Gasteiger partial charge < -0.3 is 15.4 Å². The molecule has 2 N–H and O–H groups in total. The highest BCUT2D eigenvalue weighted by molar-refractivity contribution is 5.96. The van der Waals surface area contributed by atoms with E-state index in [4.69, 9.17) is 4.74 Å². The molecular weight excluding hydrogens is 382 g/mol. The van der Waals surface area contributed by atoms with Crippen molar-refractivity contribution < 1.29 is 27.9 Å². The van der Waals surface area contributed by atoms with Crippen molar-refractivity contribution in [2.24, 2.45) is 5.41 Å². The Hall–Kier alpha value is -2.51. The summed E-state index contributed by atoms with van der Waals surface area (Å²) in [5, 5.41) is 5.24. The predicted octanol–water partition coefficient (Wildman–Crippen LogP) is 3.70. The van der Waals surface area contributed by atoms with Gasteiger partial charge in [0.2, 0.25) is 5.91 Å². The molecule has 2 amide bonds. The van der Waals surface area contributed by atoms with Gasteiger partial charge in [-0.3, -0.25) is 14.4 Å². The average Bonchev–Trinajstić information content (AvgIpc) is 3.06. The summed E-state index contributed by atoms with van der Waals surface area (Å²) in [5.74, 6) is -3.62. The maximum absolute atomic E-state index is 13.3. The van der Waals surface area contributed by atoms with Gasteiger partial charge in [-0.15, -0.1) is 0 Å². The quantitative estimate of drug-likeness (QED) is 0.701. The molecule has 1 aliphatic carbocycles. The zero-order chi connectivity index (χ0) is 21.8. The van der Waals surface area contributed by atoms with E-state index in [9.17, 15) is 23.2 Å². The minimum absolute atomic E-state index is 0.000611. The second-order valence-corrected chi connectivity index (χ2v) is 8.63. The van der Waals surface area contributed by atoms with Gasteiger partial charge in [0.05, 0.1) is 5.41 Å². The minimum Gasteiger partial charge on any atom is -0.452 e. The third-order valence-corrected chi connectivity index (χ3v) is 4.85. The summed E-state index contributed by atoms with van der Waals surface area (Å²) in [5.41, 5.74) is -1.32. The van der Waals surface area contributed by atoms with Crippen LogP contribution >= 0.6 is 0 Å². The molecule has 1 atom stereocenters. The van der Waals surface area contributed by atoms with Gasteiger partial charge in [-0.2, -0.15) is 0 Å². The van der Waals surface area contributed by atoms with Crippen molar-refractivity contribution in [2.45, 2.75) is 71.4 Å². The Morgan fingerprint density at radius 3 is 2.31 bits per heavy atom. The second kappa shape index (κ2) is 8.88. The highest BCUT2D eigenvalue weighted by atomic mass is 19.2. The molecular formula is C21H28F2N2O4. The van der Waals surface area contributed by atoms with Crippen molar-refractivity contribution in [2.75, 3.05) is 5.32 Å². The average molecular weight is 410 g/mol. The van der Waals surface area contributed by atoms with E-state index in [2.05, 4.69) is 10.6 Å². The molecule has 1 aliphatic rings. The van der Waals surface area contributed by atoms with Gasteiger partial charge in [-0.05, 0) is 52.7 Å². The zero-order valence-electron chi connectivity index (χ0n) is 17.2. The molecule has 2 rings (SSSR count). The molecule has 0 aliphatic heterocycles. The fraction of sp³-hybridized carbons (Fsp3) is 0.571. The first-order valence-corrected chi connectivity index (χ1v) is 9.70. The molecule has 160 valence electrons. The number of carbonyl (C=O) groups excluding carboxylic acids is 3. The number of carbonyl (C=O) groups is 3. The Morgan fingerprint density at radius 2 is 1.76 bits per heavy atom. The van der Waals surface area contributed by atoms with Crippen LogP contribution in [0.3, 0.4) is 0 Å². The normalized spacial score (nSPS) is 16.8. The first-order valence-electron chi connectivity index (χ1n) is 9.70. The molecule has 0 unspecified atom stereocenters. The van der Waals surface area contributed by atoms with E-state index in [0.717, 1.165) is 25.0 Å². The van der Waals surface area contributed by atoms with Crippen LogP contribution in [0.15, 0.2) is 18.2 Å². The Bertz CT molecular complexity index is 783. The third kappa shape index (κ3) is 6.24. The van der Waals surface area contributed by atoms with Crippen molar-refractivity contribution in [1.29, 1.82) is 0 Å². The third-order valence-electron chi connectivity index (χ3n) is 4.85. The molecule has 0 bridgehead atoms. The van der Waals surface area contributed by atoms with Crippen LogP contribution in [0, 0.1) is 17.0 Å². The lowest BCUT2D eigenvalue weighted by atomic mass is 9.82. The number of nitrogens with one attached hydrogen (secondary N) is 2. The van der Waals surface area contributed by atoms with Gasteiger partial charge >= 0.3 is 5.97 Å². The van der Waals surface area contributed by atoms with Crippen LogP contribution in [0.2, 0.25) is 0 Å². The molecule has 6 nitrogen and oxygen atoms in total. The summed E-state index contributed by atoms with van der Waals surface area (Å²) in [6.07, 6.45) is 1.47. The van der Waals surface area contributed by atoms with E-state index in [1.165, 1.54) is 13.0 Å². The van der Waals surface area contributed by atoms with Crippen LogP contribution in [0.25, 0.3) is 0 Å². The number of hydrogen-bond acceptors (Lipinski definition) is 4. The molecule has 1 saturated carbocycles. The second-order valence-electron chi connectivity index (χ2n) is 8.63. The number of rotatable bonds is 6. The van der Waals surface area contributed by atoms with Gasteiger partial charge in [0, 0.05) is 23.7 Å². The molecule has 0 radical (unpaired) electrons. The highest BCUT2D eigenvalue weighted by Crippen LogP contribution is 2.42. The Balaban J connectivity index is 2.01. The number of esters is 1. The Kier molecular flexibility index (Phi) is 6.97. The molecule has 1 aromatic rings. The lowest BCUT2D eigenvalue weighted by Gasteiger charge is -2.29. The fourth-order valence-electron chi connectivity index (χ4n) is 3.43. The minimum atomic E-state index is -1.15. The molecule has 29 heavy (non-hydrogen) atoms. The summed E-state index contributed by atoms with van der Waals surface area (Å²) >= 11 is 0. The monoisotopic (exact) mass is 410 g/mol. The lowest BCUT2D eigenvalue weighted by molar-refractivity contribution is -0.165. The lowest BCUT2D eigenvalue weighted by Crippen LogP contribution is -2.45. The van der Waals surface area contributed by atoms with Crippen molar-refractivity contribution in [3.63, 3.8) is 0 Å². The number of amides is 2. The number of hydrogen-bond donors (Lipinski definition) is 2. The van der Waals surface area contributed by atoms with Gasteiger partial charge in [0.25, 0.3) is 5.91 Å². The Morgan fingerprint density at radius 1 is 1.14 bits per heavy atom. The standard InChI is InChI=1S/C21H28F2N2O4/c1-13(18(27)24-14-7-8-15(22)16(23)11-14)29-19(28)21(9-5-6-10-21)12-17(26)25-20(2,3)4/h7-8,11,13H,5-6,9-10,12H2,1-4H3,(H,24,27)(H,25,26)/t13-/m0/s1. The summed E-state index contributed by atoms with van der Waals surface area (Å²) in [6, 6.07) is 2.94. The van der Waals surface area contributed by atoms with Crippen molar-refractivity contribution in [3.8, 4) is 0 Å². The predicted molar refractivity (Wildman–Crippen MR) is 104 cm³/mol. The molecule has 0 heterocycles.